The molecule has 5 aromatic rings. The van der Waals surface area contributed by atoms with Gasteiger partial charge in [0.15, 0.2) is 5.71 Å². The van der Waals surface area contributed by atoms with E-state index >= 15 is 0 Å². The number of thioether (sulfide) groups is 1. The molecule has 7 rings (SSSR count). The first kappa shape index (κ1) is 71.8. The van der Waals surface area contributed by atoms with E-state index in [0.29, 0.717) is 93.9 Å². The molecule has 0 bridgehead atoms. The van der Waals surface area contributed by atoms with Gasteiger partial charge in [-0.05, 0) is 104 Å². The number of amides is 4. The second-order valence-corrected chi connectivity index (χ2v) is 29.7. The zero-order valence-corrected chi connectivity index (χ0v) is 55.6. The van der Waals surface area contributed by atoms with Gasteiger partial charge < -0.3 is 20.4 Å². The van der Waals surface area contributed by atoms with Crippen LogP contribution in [-0.4, -0.2) is 159 Å². The summed E-state index contributed by atoms with van der Waals surface area (Å²) in [6, 6.07) is 15.5. The number of anilines is 2. The van der Waals surface area contributed by atoms with Crippen molar-refractivity contribution in [1.82, 2.24) is 16.0 Å². The summed E-state index contributed by atoms with van der Waals surface area (Å²) < 4.78 is 101. The van der Waals surface area contributed by atoms with Gasteiger partial charge in [-0.15, -0.1) is 0 Å². The van der Waals surface area contributed by atoms with Crippen molar-refractivity contribution in [3.8, 4) is 0 Å². The third-order valence-electron chi connectivity index (χ3n) is 15.2. The van der Waals surface area contributed by atoms with Crippen LogP contribution in [0.25, 0.3) is 21.5 Å². The van der Waals surface area contributed by atoms with Crippen LogP contribution >= 0.6 is 35.8 Å². The number of allylic oxidation sites excluding steroid dienone is 6. The maximum absolute atomic E-state index is 13.3. The molecule has 0 fully saturated rings. The van der Waals surface area contributed by atoms with Crippen LogP contribution in [0.3, 0.4) is 0 Å². The molecule has 0 aromatic heterocycles. The fourth-order valence-corrected chi connectivity index (χ4v) is 15.3. The number of fused-ring (bicyclic) bond motifs is 6. The predicted molar refractivity (Wildman–Crippen MR) is 344 cm³/mol. The average Bonchev–Trinajstić information content (AvgIpc) is 1.61. The van der Waals surface area contributed by atoms with Gasteiger partial charge in [-0.2, -0.15) is 30.1 Å². The number of hydrogen-bond acceptors (Lipinski definition) is 20. The molecule has 0 radical (unpaired) electrons. The number of carboxylic acid groups (broad SMARTS) is 2. The van der Waals surface area contributed by atoms with Gasteiger partial charge >= 0.3 is 142 Å². The number of carbonyl (C=O) groups is 6. The third kappa shape index (κ3) is 17.5. The zero-order valence-electron chi connectivity index (χ0n) is 49.6. The molecule has 91 heavy (non-hydrogen) atoms. The summed E-state index contributed by atoms with van der Waals surface area (Å²) in [5.74, 6) is -5.97. The van der Waals surface area contributed by atoms with Crippen molar-refractivity contribution in [2.45, 2.75) is 116 Å². The number of unbranched alkanes of at least 4 members (excludes halogenated alkanes) is 2. The molecule has 5 aromatic carbocycles. The fraction of sp³-hybridized carbons (Fsp3) is 0.339. The van der Waals surface area contributed by atoms with Gasteiger partial charge in [0, 0.05) is 75.5 Å². The molecule has 26 nitrogen and oxygen atoms in total. The van der Waals surface area contributed by atoms with Gasteiger partial charge in [0.25, 0.3) is 20.2 Å². The summed E-state index contributed by atoms with van der Waals surface area (Å²) in [5, 5.41) is 49.3. The molecule has 0 saturated heterocycles. The van der Waals surface area contributed by atoms with E-state index in [4.69, 9.17) is 5.11 Å². The molecule has 12 N–H and O–H groups in total. The van der Waals surface area contributed by atoms with Gasteiger partial charge in [0.2, 0.25) is 11.6 Å². The Morgan fingerprint density at radius 3 is 2.03 bits per heavy atom. The van der Waals surface area contributed by atoms with Crippen LogP contribution in [0.5, 0.6) is 0 Å². The molecule has 4 amide bonds. The van der Waals surface area contributed by atoms with Crippen molar-refractivity contribution in [3.63, 3.8) is 0 Å². The number of carbonyl (C=O) groups excluding carboxylic acids is 4. The van der Waals surface area contributed by atoms with Crippen molar-refractivity contribution in [3.05, 3.63) is 120 Å². The maximum atomic E-state index is 13.3. The summed E-state index contributed by atoms with van der Waals surface area (Å²) in [6.45, 7) is 9.97. The van der Waals surface area contributed by atoms with Crippen molar-refractivity contribution in [2.75, 3.05) is 41.4 Å². The monoisotopic (exact) mass is 1420 g/mol. The van der Waals surface area contributed by atoms with Gasteiger partial charge in [-0.3, -0.25) is 23.5 Å². The Balaban J connectivity index is 1.05. The molecule has 0 aliphatic carbocycles. The first-order chi connectivity index (χ1) is 42.9. The van der Waals surface area contributed by atoms with E-state index in [1.807, 2.05) is 71.1 Å². The predicted octanol–water partition coefficient (Wildman–Crippen LogP) is 6.32. The van der Waals surface area contributed by atoms with Crippen molar-refractivity contribution in [2.24, 2.45) is 0 Å². The Hall–Kier alpha value is -6.68. The smallest absolute Gasteiger partial charge is 0.480 e. The quantitative estimate of drug-likeness (QED) is 0.00337. The van der Waals surface area contributed by atoms with Crippen LogP contribution in [0, 0.1) is 0 Å². The SMILES string of the molecule is CCN1C(=CC=CC=CC2=[N+](CCCCCC(=O)N[C@@H](CCC(=O)N[C@H](CSCC(=O)Nc3ccc([As](O)O)cc3)C(=O)NCC(=O)O)C(=O)O)c3ccc4c(S(=O)(=O)O)cc(SOO)cc4c3C2(C)C)C(C)(C)c2c1ccc1c(SOO)cc(S(=O)(=O)O)cc21. The molecular formula is C59H68AsN6O20S5+. The van der Waals surface area contributed by atoms with Crippen LogP contribution < -0.4 is 30.5 Å². The van der Waals surface area contributed by atoms with Crippen LogP contribution in [-0.2, 0) is 68.5 Å². The summed E-state index contributed by atoms with van der Waals surface area (Å²) in [4.78, 5) is 77.3. The second kappa shape index (κ2) is 30.8. The molecule has 0 saturated carbocycles. The Bertz CT molecular complexity index is 4010. The summed E-state index contributed by atoms with van der Waals surface area (Å²) >= 11 is -1.14. The minimum absolute atomic E-state index is 0.0987. The Kier molecular flexibility index (Phi) is 24.3. The first-order valence-corrected chi connectivity index (χ1v) is 36.1. The first-order valence-electron chi connectivity index (χ1n) is 28.0. The third-order valence-corrected chi connectivity index (χ3v) is 20.7. The average molecular weight is 1420 g/mol. The van der Waals surface area contributed by atoms with E-state index in [9.17, 15) is 78.5 Å². The number of likely N-dealkylation sites (N-methyl/N-ethyl adjacent to an activating group) is 1. The number of rotatable bonds is 31. The van der Waals surface area contributed by atoms with Crippen molar-refractivity contribution < 1.29 is 96.9 Å². The van der Waals surface area contributed by atoms with E-state index < -0.39 is 112 Å². The van der Waals surface area contributed by atoms with E-state index in [2.05, 4.69) is 39.4 Å². The van der Waals surface area contributed by atoms with E-state index in [0.717, 1.165) is 34.4 Å². The number of nitrogens with zero attached hydrogens (tertiary/aromatic N) is 2. The molecule has 2 atom stereocenters. The summed E-state index contributed by atoms with van der Waals surface area (Å²) in [6.07, 6.45) is 9.65. The molecule has 0 unspecified atom stereocenters. The number of carboxylic acids is 2. The minimum Gasteiger partial charge on any atom is -0.480 e. The zero-order chi connectivity index (χ0) is 66.8. The Morgan fingerprint density at radius 1 is 0.725 bits per heavy atom. The normalized spacial score (nSPS) is 15.6. The number of hydrogen-bond donors (Lipinski definition) is 12. The molecule has 2 aliphatic rings. The molecule has 488 valence electrons. The Morgan fingerprint density at radius 2 is 1.40 bits per heavy atom. The van der Waals surface area contributed by atoms with Gasteiger partial charge in [-0.1, -0.05) is 38.1 Å². The van der Waals surface area contributed by atoms with E-state index in [1.54, 1.807) is 24.3 Å². The number of nitrogens with one attached hydrogen (secondary N) is 4. The van der Waals surface area contributed by atoms with Crippen LogP contribution in [0.1, 0.15) is 84.3 Å². The van der Waals surface area contributed by atoms with Crippen molar-refractivity contribution in [1.29, 1.82) is 0 Å². The van der Waals surface area contributed by atoms with E-state index in [1.165, 1.54) is 42.5 Å². The van der Waals surface area contributed by atoms with Crippen LogP contribution in [0.15, 0.2) is 128 Å². The molecular weight excluding hydrogens is 1350 g/mol. The van der Waals surface area contributed by atoms with E-state index in [-0.39, 0.29) is 44.4 Å². The Labute approximate surface area is 542 Å². The van der Waals surface area contributed by atoms with Gasteiger partial charge in [0.1, 0.15) is 24.0 Å². The van der Waals surface area contributed by atoms with Crippen LogP contribution in [0.4, 0.5) is 17.1 Å². The number of benzene rings is 5. The second-order valence-electron chi connectivity index (χ2n) is 22.0. The summed E-state index contributed by atoms with van der Waals surface area (Å²) in [5.41, 5.74) is 3.39. The summed E-state index contributed by atoms with van der Waals surface area (Å²) in [7, 11) is -9.45. The topological polar surface area (TPSA) is 405 Å². The molecule has 0 spiro atoms. The molecule has 2 aliphatic heterocycles. The fourth-order valence-electron chi connectivity index (χ4n) is 11.2. The molecule has 32 heteroatoms. The number of aliphatic carboxylic acids is 2. The van der Waals surface area contributed by atoms with Crippen LogP contribution in [0.2, 0.25) is 0 Å². The van der Waals surface area contributed by atoms with Gasteiger partial charge in [0.05, 0.1) is 34.4 Å². The van der Waals surface area contributed by atoms with Gasteiger partial charge in [-0.25, -0.2) is 15.3 Å². The van der Waals surface area contributed by atoms with Crippen molar-refractivity contribution >= 4 is 156 Å². The minimum atomic E-state index is -4.79. The standard InChI is InChI=1S/C59H67AsN6O20S5/c1-6-65-44-23-20-38-41(29-37(90(79,80)81)30-46(38)89-86-78)55(44)58(2,3)48(65)13-9-7-10-14-49-59(4,5)54-40-27-36(88-85-77)28-47(91(82,83)84)39(40)21-24-45(54)66(49)26-12-8-11-15-50(67)63-42(57(73)74)22-25-51(68)64-43(56(72)61-31-53(70)71)32-87-33-52(69)62-35-18-16-34(17-19-35)60(75)76/h7,9-10,13-14,16-21,23-24,27-30,42-43,75-76H,6,8,11-12,15,22,25-26,31-33H2,1-5H3,(H9-,61,62,63,64,67,68,69,70,71,72,73,74,77,78,79,80,81,82,83,84)/p+1/t42-,43+/m0/s1. The molecule has 2 heterocycles.